The molecule has 2 heteroatoms. The average molecular weight is 571 g/mol. The first-order valence-electron chi connectivity index (χ1n) is 16.3. The van der Waals surface area contributed by atoms with E-state index in [9.17, 15) is 0 Å². The van der Waals surface area contributed by atoms with E-state index < -0.39 is 0 Å². The van der Waals surface area contributed by atoms with Crippen LogP contribution in [0.3, 0.4) is 0 Å². The van der Waals surface area contributed by atoms with E-state index >= 15 is 0 Å². The van der Waals surface area contributed by atoms with Crippen LogP contribution in [0.4, 0.5) is 11.4 Å². The molecular formula is C42H38N2. The van der Waals surface area contributed by atoms with Gasteiger partial charge < -0.3 is 9.80 Å². The Balaban J connectivity index is 1.57. The first-order valence-corrected chi connectivity index (χ1v) is 16.3. The predicted octanol–water partition coefficient (Wildman–Crippen LogP) is 11.4. The summed E-state index contributed by atoms with van der Waals surface area (Å²) < 4.78 is 0. The van der Waals surface area contributed by atoms with Gasteiger partial charge in [0.15, 0.2) is 0 Å². The normalized spacial score (nSPS) is 12.0. The summed E-state index contributed by atoms with van der Waals surface area (Å²) >= 11 is 0. The highest BCUT2D eigenvalue weighted by Gasteiger charge is 2.22. The maximum absolute atomic E-state index is 2.48. The van der Waals surface area contributed by atoms with Gasteiger partial charge in [-0.2, -0.15) is 0 Å². The molecule has 0 N–H and O–H groups in total. The van der Waals surface area contributed by atoms with Crippen molar-refractivity contribution < 1.29 is 0 Å². The van der Waals surface area contributed by atoms with E-state index in [-0.39, 0.29) is 0 Å². The Kier molecular flexibility index (Phi) is 6.34. The van der Waals surface area contributed by atoms with Crippen molar-refractivity contribution in [2.24, 2.45) is 0 Å². The molecule has 0 spiro atoms. The summed E-state index contributed by atoms with van der Waals surface area (Å²) in [6.07, 6.45) is 0. The van der Waals surface area contributed by atoms with Crippen molar-refractivity contribution >= 4 is 76.0 Å². The molecule has 0 amide bonds. The van der Waals surface area contributed by atoms with Crippen LogP contribution < -0.4 is 9.80 Å². The fraction of sp³-hybridized carbons (Fsp3) is 0.190. The summed E-state index contributed by atoms with van der Waals surface area (Å²) in [6, 6.07) is 41.4. The molecule has 0 radical (unpaired) electrons. The van der Waals surface area contributed by atoms with Gasteiger partial charge in [-0.1, -0.05) is 97.1 Å². The molecule has 0 saturated heterocycles. The summed E-state index contributed by atoms with van der Waals surface area (Å²) in [5.74, 6) is 0. The fourth-order valence-electron chi connectivity index (χ4n) is 8.03. The van der Waals surface area contributed by atoms with Crippen LogP contribution in [0.1, 0.15) is 27.7 Å². The van der Waals surface area contributed by atoms with E-state index in [2.05, 4.69) is 147 Å². The SMILES string of the molecule is CCN(CC)c1ccc(-c2c3ccccc3c3c4ccc(N(CC)CC)c5cccc(c6cccc2c63)c54)c2ccccc12. The van der Waals surface area contributed by atoms with E-state index in [0.29, 0.717) is 0 Å². The van der Waals surface area contributed by atoms with Gasteiger partial charge in [0.05, 0.1) is 0 Å². The van der Waals surface area contributed by atoms with Crippen molar-refractivity contribution in [2.45, 2.75) is 27.7 Å². The maximum atomic E-state index is 2.48. The molecule has 0 aromatic heterocycles. The van der Waals surface area contributed by atoms with Gasteiger partial charge in [-0.3, -0.25) is 0 Å². The number of hydrogen-bond acceptors (Lipinski definition) is 2. The third-order valence-corrected chi connectivity index (χ3v) is 10.0. The predicted molar refractivity (Wildman–Crippen MR) is 195 cm³/mol. The zero-order valence-corrected chi connectivity index (χ0v) is 26.1. The molecule has 0 aliphatic rings. The number of hydrogen-bond donors (Lipinski definition) is 0. The number of anilines is 2. The molecule has 8 rings (SSSR count). The topological polar surface area (TPSA) is 6.48 Å². The molecule has 8 aromatic carbocycles. The molecule has 216 valence electrons. The number of rotatable bonds is 7. The molecular weight excluding hydrogens is 532 g/mol. The van der Waals surface area contributed by atoms with Crippen molar-refractivity contribution in [2.75, 3.05) is 36.0 Å². The number of nitrogens with zero attached hydrogens (tertiary/aromatic N) is 2. The van der Waals surface area contributed by atoms with E-state index in [1.807, 2.05) is 0 Å². The summed E-state index contributed by atoms with van der Waals surface area (Å²) in [6.45, 7) is 13.0. The van der Waals surface area contributed by atoms with Crippen molar-refractivity contribution in [3.63, 3.8) is 0 Å². The summed E-state index contributed by atoms with van der Waals surface area (Å²) in [5, 5.41) is 16.1. The van der Waals surface area contributed by atoms with E-state index in [1.165, 1.54) is 87.1 Å². The molecule has 44 heavy (non-hydrogen) atoms. The molecule has 0 unspecified atom stereocenters. The lowest BCUT2D eigenvalue weighted by atomic mass is 9.82. The molecule has 0 aliphatic heterocycles. The van der Waals surface area contributed by atoms with Gasteiger partial charge in [0, 0.05) is 48.3 Å². The van der Waals surface area contributed by atoms with Crippen LogP contribution >= 0.6 is 0 Å². The second-order valence-corrected chi connectivity index (χ2v) is 11.9. The van der Waals surface area contributed by atoms with Crippen LogP contribution in [-0.4, -0.2) is 26.2 Å². The van der Waals surface area contributed by atoms with E-state index in [1.54, 1.807) is 0 Å². The minimum Gasteiger partial charge on any atom is -0.372 e. The molecule has 0 heterocycles. The molecule has 0 saturated carbocycles. The Morgan fingerprint density at radius 3 is 1.48 bits per heavy atom. The monoisotopic (exact) mass is 570 g/mol. The zero-order chi connectivity index (χ0) is 29.9. The van der Waals surface area contributed by atoms with Gasteiger partial charge in [0.1, 0.15) is 0 Å². The Labute approximate surface area is 259 Å². The smallest absolute Gasteiger partial charge is 0.0446 e. The molecule has 2 nitrogen and oxygen atoms in total. The van der Waals surface area contributed by atoms with E-state index in [4.69, 9.17) is 0 Å². The highest BCUT2D eigenvalue weighted by Crippen LogP contribution is 2.50. The minimum absolute atomic E-state index is 0.991. The van der Waals surface area contributed by atoms with Crippen molar-refractivity contribution in [3.8, 4) is 11.1 Å². The van der Waals surface area contributed by atoms with Crippen LogP contribution in [0.15, 0.2) is 109 Å². The van der Waals surface area contributed by atoms with Gasteiger partial charge in [0.2, 0.25) is 0 Å². The Hall–Kier alpha value is -4.82. The Morgan fingerprint density at radius 1 is 0.341 bits per heavy atom. The van der Waals surface area contributed by atoms with Gasteiger partial charge in [-0.25, -0.2) is 0 Å². The lowest BCUT2D eigenvalue weighted by Crippen LogP contribution is -2.22. The highest BCUT2D eigenvalue weighted by atomic mass is 15.1. The third-order valence-electron chi connectivity index (χ3n) is 10.0. The summed E-state index contributed by atoms with van der Waals surface area (Å²) in [5.41, 5.74) is 5.27. The highest BCUT2D eigenvalue weighted by molar-refractivity contribution is 6.41. The van der Waals surface area contributed by atoms with Crippen molar-refractivity contribution in [1.82, 2.24) is 0 Å². The van der Waals surface area contributed by atoms with Gasteiger partial charge in [-0.05, 0) is 105 Å². The fourth-order valence-corrected chi connectivity index (χ4v) is 8.03. The lowest BCUT2D eigenvalue weighted by molar-refractivity contribution is 0.871. The van der Waals surface area contributed by atoms with Crippen LogP contribution in [0, 0.1) is 0 Å². The molecule has 8 aromatic rings. The molecule has 0 aliphatic carbocycles. The molecule has 0 fully saturated rings. The lowest BCUT2D eigenvalue weighted by Gasteiger charge is -2.26. The average Bonchev–Trinajstić information content (AvgIpc) is 3.08. The van der Waals surface area contributed by atoms with Crippen LogP contribution in [-0.2, 0) is 0 Å². The van der Waals surface area contributed by atoms with Gasteiger partial charge in [-0.15, -0.1) is 0 Å². The second kappa shape index (κ2) is 10.4. The second-order valence-electron chi connectivity index (χ2n) is 11.9. The van der Waals surface area contributed by atoms with Crippen molar-refractivity contribution in [1.29, 1.82) is 0 Å². The Morgan fingerprint density at radius 2 is 0.795 bits per heavy atom. The molecule has 0 bridgehead atoms. The standard InChI is InChI=1S/C42H38N2/c1-5-43(6-2)37-25-23-33(27-15-9-10-16-28(27)37)39-29-17-11-12-18-31(29)42-36-24-26-38(44(7-3)8-4)34-21-13-19-30(40(34)36)32-20-14-22-35(39)41(32)42/h9-26H,5-8H2,1-4H3. The zero-order valence-electron chi connectivity index (χ0n) is 26.1. The van der Waals surface area contributed by atoms with Crippen molar-refractivity contribution in [3.05, 3.63) is 109 Å². The minimum atomic E-state index is 0.991. The Bertz CT molecular complexity index is 2340. The first kappa shape index (κ1) is 26.8. The van der Waals surface area contributed by atoms with Crippen LogP contribution in [0.5, 0.6) is 0 Å². The number of benzene rings is 8. The maximum Gasteiger partial charge on any atom is 0.0446 e. The number of fused-ring (bicyclic) bond motifs is 5. The first-order chi connectivity index (χ1) is 21.7. The summed E-state index contributed by atoms with van der Waals surface area (Å²) in [7, 11) is 0. The quantitative estimate of drug-likeness (QED) is 0.139. The van der Waals surface area contributed by atoms with E-state index in [0.717, 1.165) is 26.2 Å². The van der Waals surface area contributed by atoms with Crippen LogP contribution in [0.25, 0.3) is 75.8 Å². The van der Waals surface area contributed by atoms with Crippen LogP contribution in [0.2, 0.25) is 0 Å². The summed E-state index contributed by atoms with van der Waals surface area (Å²) in [4.78, 5) is 4.94. The third kappa shape index (κ3) is 3.67. The van der Waals surface area contributed by atoms with Gasteiger partial charge in [0.25, 0.3) is 0 Å². The molecule has 0 atom stereocenters. The largest absolute Gasteiger partial charge is 0.372 e. The van der Waals surface area contributed by atoms with Gasteiger partial charge >= 0.3 is 0 Å².